The molecule has 6 aromatic rings. The fourth-order valence-corrected chi connectivity index (χ4v) is 5.86. The largest absolute Gasteiger partial charge is 0.289 e. The van der Waals surface area contributed by atoms with E-state index < -0.39 is 5.41 Å². The van der Waals surface area contributed by atoms with Gasteiger partial charge < -0.3 is 0 Å². The van der Waals surface area contributed by atoms with Gasteiger partial charge in [-0.15, -0.1) is 0 Å². The number of benzene rings is 6. The van der Waals surface area contributed by atoms with Crippen molar-refractivity contribution >= 4 is 23.0 Å². The fraction of sp³-hybridized carbons (Fsp3) is 0.0250. The van der Waals surface area contributed by atoms with Gasteiger partial charge in [-0.05, 0) is 51.6 Å². The summed E-state index contributed by atoms with van der Waals surface area (Å²) in [6.07, 6.45) is 2.16. The minimum Gasteiger partial charge on any atom is -0.289 e. The van der Waals surface area contributed by atoms with Crippen LogP contribution < -0.4 is 0 Å². The molecule has 0 fully saturated rings. The lowest BCUT2D eigenvalue weighted by Crippen LogP contribution is -2.28. The highest BCUT2D eigenvalue weighted by Crippen LogP contribution is 2.43. The van der Waals surface area contributed by atoms with Gasteiger partial charge in [-0.1, -0.05) is 169 Å². The highest BCUT2D eigenvalue weighted by atomic mass is 35.5. The Hall–Kier alpha value is -4.98. The maximum atomic E-state index is 14.9. The first-order valence-corrected chi connectivity index (χ1v) is 14.4. The molecule has 6 aromatic carbocycles. The SMILES string of the molecule is O=C(/C(=C/C(c1ccccc1)(c1ccccc1)c1ccccc1)c1ccccc1)c1ccc(Cl)cc1-c1ccccc1. The average molecular weight is 561 g/mol. The van der Waals surface area contributed by atoms with Crippen LogP contribution in [0.3, 0.4) is 0 Å². The van der Waals surface area contributed by atoms with Gasteiger partial charge >= 0.3 is 0 Å². The van der Waals surface area contributed by atoms with Crippen LogP contribution in [0.15, 0.2) is 176 Å². The highest BCUT2D eigenvalue weighted by molar-refractivity contribution is 6.33. The Kier molecular flexibility index (Phi) is 7.94. The van der Waals surface area contributed by atoms with Gasteiger partial charge in [-0.3, -0.25) is 4.79 Å². The summed E-state index contributed by atoms with van der Waals surface area (Å²) in [6, 6.07) is 56.7. The van der Waals surface area contributed by atoms with E-state index in [0.29, 0.717) is 16.2 Å². The Bertz CT molecular complexity index is 1710. The summed E-state index contributed by atoms with van der Waals surface area (Å²) in [7, 11) is 0. The summed E-state index contributed by atoms with van der Waals surface area (Å²) < 4.78 is 0. The maximum absolute atomic E-state index is 14.9. The first kappa shape index (κ1) is 27.2. The molecular weight excluding hydrogens is 532 g/mol. The Labute approximate surface area is 252 Å². The lowest BCUT2D eigenvalue weighted by Gasteiger charge is -2.34. The number of rotatable bonds is 8. The van der Waals surface area contributed by atoms with E-state index >= 15 is 0 Å². The molecule has 0 radical (unpaired) electrons. The molecule has 0 aliphatic rings. The minimum absolute atomic E-state index is 0.0658. The smallest absolute Gasteiger partial charge is 0.193 e. The van der Waals surface area contributed by atoms with Crippen LogP contribution in [0, 0.1) is 0 Å². The van der Waals surface area contributed by atoms with E-state index in [1.54, 1.807) is 6.07 Å². The molecule has 0 aromatic heterocycles. The summed E-state index contributed by atoms with van der Waals surface area (Å²) in [5.41, 5.74) is 6.29. The summed E-state index contributed by atoms with van der Waals surface area (Å²) in [4.78, 5) is 14.9. The molecule has 0 heterocycles. The van der Waals surface area contributed by atoms with Crippen LogP contribution in [0.25, 0.3) is 16.7 Å². The number of carbonyl (C=O) groups excluding carboxylic acids is 1. The van der Waals surface area contributed by atoms with Crippen molar-refractivity contribution in [2.45, 2.75) is 5.41 Å². The third kappa shape index (κ3) is 5.35. The molecule has 0 unspecified atom stereocenters. The molecule has 0 aliphatic carbocycles. The quantitative estimate of drug-likeness (QED) is 0.103. The third-order valence-electron chi connectivity index (χ3n) is 7.69. The number of carbonyl (C=O) groups is 1. The Morgan fingerprint density at radius 2 is 0.952 bits per heavy atom. The van der Waals surface area contributed by atoms with Crippen LogP contribution in [0.5, 0.6) is 0 Å². The van der Waals surface area contributed by atoms with Crippen LogP contribution in [-0.2, 0) is 5.41 Å². The average Bonchev–Trinajstić information content (AvgIpc) is 3.07. The van der Waals surface area contributed by atoms with Crippen LogP contribution >= 0.6 is 11.6 Å². The van der Waals surface area contributed by atoms with Gasteiger partial charge in [0.25, 0.3) is 0 Å². The molecule has 1 nitrogen and oxygen atoms in total. The summed E-state index contributed by atoms with van der Waals surface area (Å²) >= 11 is 6.49. The van der Waals surface area contributed by atoms with Crippen molar-refractivity contribution in [1.29, 1.82) is 0 Å². The van der Waals surface area contributed by atoms with Crippen LogP contribution in [0.2, 0.25) is 5.02 Å². The van der Waals surface area contributed by atoms with Gasteiger partial charge in [0.05, 0.1) is 5.41 Å². The normalized spacial score (nSPS) is 11.7. The summed E-state index contributed by atoms with van der Waals surface area (Å²) in [6.45, 7) is 0. The molecule has 0 atom stereocenters. The molecule has 0 saturated carbocycles. The number of Topliss-reactive ketones (excluding diaryl/α,β-unsaturated/α-hetero) is 1. The first-order chi connectivity index (χ1) is 20.7. The van der Waals surface area contributed by atoms with Crippen molar-refractivity contribution in [2.75, 3.05) is 0 Å². The topological polar surface area (TPSA) is 17.1 Å². The molecule has 0 N–H and O–H groups in total. The molecule has 0 spiro atoms. The predicted octanol–water partition coefficient (Wildman–Crippen LogP) is 10.3. The van der Waals surface area contributed by atoms with Gasteiger partial charge in [-0.2, -0.15) is 0 Å². The van der Waals surface area contributed by atoms with Crippen molar-refractivity contribution in [3.63, 3.8) is 0 Å². The van der Waals surface area contributed by atoms with E-state index in [1.165, 1.54) is 0 Å². The Balaban J connectivity index is 1.68. The van der Waals surface area contributed by atoms with E-state index in [2.05, 4.69) is 78.9 Å². The number of hydrogen-bond acceptors (Lipinski definition) is 1. The molecule has 0 saturated heterocycles. The van der Waals surface area contributed by atoms with Gasteiger partial charge in [-0.25, -0.2) is 0 Å². The number of hydrogen-bond donors (Lipinski definition) is 0. The van der Waals surface area contributed by atoms with Crippen molar-refractivity contribution in [2.24, 2.45) is 0 Å². The zero-order valence-corrected chi connectivity index (χ0v) is 23.8. The second-order valence-corrected chi connectivity index (χ2v) is 10.7. The number of allylic oxidation sites excluding steroid dienone is 2. The second kappa shape index (κ2) is 12.3. The lowest BCUT2D eigenvalue weighted by atomic mass is 9.67. The predicted molar refractivity (Wildman–Crippen MR) is 175 cm³/mol. The zero-order chi connectivity index (χ0) is 28.8. The first-order valence-electron chi connectivity index (χ1n) is 14.0. The van der Waals surface area contributed by atoms with Gasteiger partial charge in [0.15, 0.2) is 5.78 Å². The number of ketones is 1. The van der Waals surface area contributed by atoms with Crippen molar-refractivity contribution < 1.29 is 4.79 Å². The fourth-order valence-electron chi connectivity index (χ4n) is 5.68. The van der Waals surface area contributed by atoms with E-state index in [4.69, 9.17) is 11.6 Å². The zero-order valence-electron chi connectivity index (χ0n) is 23.0. The van der Waals surface area contributed by atoms with E-state index in [9.17, 15) is 4.79 Å². The molecule has 0 amide bonds. The molecule has 42 heavy (non-hydrogen) atoms. The summed E-state index contributed by atoms with van der Waals surface area (Å²) in [5.74, 6) is -0.0658. The Morgan fingerprint density at radius 3 is 1.43 bits per heavy atom. The molecule has 0 bridgehead atoms. The van der Waals surface area contributed by atoms with Gasteiger partial charge in [0.2, 0.25) is 0 Å². The van der Waals surface area contributed by atoms with E-state index in [-0.39, 0.29) is 5.78 Å². The molecule has 0 aliphatic heterocycles. The molecule has 2 heteroatoms. The van der Waals surface area contributed by atoms with E-state index in [0.717, 1.165) is 33.4 Å². The number of halogens is 1. The van der Waals surface area contributed by atoms with Crippen molar-refractivity contribution in [1.82, 2.24) is 0 Å². The van der Waals surface area contributed by atoms with Crippen LogP contribution in [0.1, 0.15) is 32.6 Å². The maximum Gasteiger partial charge on any atom is 0.193 e. The Morgan fingerprint density at radius 1 is 0.524 bits per heavy atom. The van der Waals surface area contributed by atoms with Gasteiger partial charge in [0, 0.05) is 16.2 Å². The van der Waals surface area contributed by atoms with Crippen LogP contribution in [-0.4, -0.2) is 5.78 Å². The minimum atomic E-state index is -0.746. The third-order valence-corrected chi connectivity index (χ3v) is 7.92. The highest BCUT2D eigenvalue weighted by Gasteiger charge is 2.36. The second-order valence-electron chi connectivity index (χ2n) is 10.2. The van der Waals surface area contributed by atoms with E-state index in [1.807, 2.05) is 91.0 Å². The lowest BCUT2D eigenvalue weighted by molar-refractivity contribution is 0.105. The van der Waals surface area contributed by atoms with Crippen molar-refractivity contribution in [3.8, 4) is 11.1 Å². The van der Waals surface area contributed by atoms with Gasteiger partial charge in [0.1, 0.15) is 0 Å². The monoisotopic (exact) mass is 560 g/mol. The summed E-state index contributed by atoms with van der Waals surface area (Å²) in [5, 5.41) is 0.586. The van der Waals surface area contributed by atoms with Crippen LogP contribution in [0.4, 0.5) is 0 Å². The molecular formula is C40H29ClO. The van der Waals surface area contributed by atoms with Crippen molar-refractivity contribution in [3.05, 3.63) is 209 Å². The molecule has 202 valence electrons. The standard InChI is InChI=1S/C40H29ClO/c41-35-26-27-36(37(28-35)30-16-6-1-7-17-30)39(42)38(31-18-8-2-9-19-31)29-40(32-20-10-3-11-21-32,33-22-12-4-13-23-33)34-24-14-5-15-25-34/h1-29H/b38-29+. The molecule has 6 rings (SSSR count).